The summed E-state index contributed by atoms with van der Waals surface area (Å²) in [6.45, 7) is 2.62. The SMILES string of the molecule is C[C-]1CSC(=S)N1CCC(O)O.[Ag+]. The molecule has 0 atom stereocenters. The van der Waals surface area contributed by atoms with Crippen molar-refractivity contribution in [1.82, 2.24) is 4.90 Å². The number of rotatable bonds is 3. The second-order valence-electron chi connectivity index (χ2n) is 2.71. The Balaban J connectivity index is 0.00000144. The van der Waals surface area contributed by atoms with Gasteiger partial charge in [0, 0.05) is 6.42 Å². The fourth-order valence-electron chi connectivity index (χ4n) is 1.00. The number of aliphatic hydroxyl groups excluding tert-OH is 1. The zero-order valence-electron chi connectivity index (χ0n) is 7.16. The molecule has 0 radical (unpaired) electrons. The van der Waals surface area contributed by atoms with E-state index in [4.69, 9.17) is 22.4 Å². The van der Waals surface area contributed by atoms with E-state index in [9.17, 15) is 0 Å². The van der Waals surface area contributed by atoms with E-state index in [0.29, 0.717) is 13.0 Å². The van der Waals surface area contributed by atoms with Gasteiger partial charge in [-0.3, -0.25) is 0 Å². The minimum Gasteiger partial charge on any atom is -0.505 e. The first-order chi connectivity index (χ1) is 5.61. The van der Waals surface area contributed by atoms with E-state index < -0.39 is 6.29 Å². The third kappa shape index (κ3) is 4.29. The summed E-state index contributed by atoms with van der Waals surface area (Å²) < 4.78 is 0.841. The van der Waals surface area contributed by atoms with E-state index in [1.54, 1.807) is 11.8 Å². The van der Waals surface area contributed by atoms with Gasteiger partial charge < -0.3 is 15.1 Å². The average Bonchev–Trinajstić information content (AvgIpc) is 2.28. The van der Waals surface area contributed by atoms with Crippen molar-refractivity contribution < 1.29 is 32.6 Å². The molecule has 13 heavy (non-hydrogen) atoms. The molecule has 1 aliphatic rings. The molecular formula is C7H12AgNO2S2. The Kier molecular flexibility index (Phi) is 6.84. The van der Waals surface area contributed by atoms with Crippen molar-refractivity contribution in [2.45, 2.75) is 19.6 Å². The van der Waals surface area contributed by atoms with Crippen LogP contribution in [0.15, 0.2) is 0 Å². The van der Waals surface area contributed by atoms with Crippen LogP contribution in [0.5, 0.6) is 0 Å². The third-order valence-electron chi connectivity index (χ3n) is 1.70. The minimum atomic E-state index is -1.23. The second kappa shape index (κ2) is 6.40. The molecule has 1 heterocycles. The number of nitrogens with zero attached hydrogens (tertiary/aromatic N) is 1. The van der Waals surface area contributed by atoms with E-state index in [1.165, 1.54) is 6.04 Å². The molecule has 80 valence electrons. The van der Waals surface area contributed by atoms with Gasteiger partial charge in [0.2, 0.25) is 0 Å². The summed E-state index contributed by atoms with van der Waals surface area (Å²) in [4.78, 5) is 1.96. The first-order valence-corrected chi connectivity index (χ1v) is 5.13. The first-order valence-electron chi connectivity index (χ1n) is 3.74. The van der Waals surface area contributed by atoms with Crippen molar-refractivity contribution in [3.05, 3.63) is 6.04 Å². The Hall–Kier alpha value is 0.900. The van der Waals surface area contributed by atoms with Crippen molar-refractivity contribution >= 4 is 28.3 Å². The first kappa shape index (κ1) is 13.9. The summed E-state index contributed by atoms with van der Waals surface area (Å²) >= 11 is 6.70. The van der Waals surface area contributed by atoms with Crippen molar-refractivity contribution in [2.75, 3.05) is 12.3 Å². The molecule has 3 nitrogen and oxygen atoms in total. The molecule has 2 N–H and O–H groups in total. The molecule has 6 heteroatoms. The van der Waals surface area contributed by atoms with Crippen molar-refractivity contribution in [2.24, 2.45) is 0 Å². The van der Waals surface area contributed by atoms with Crippen LogP contribution in [0.25, 0.3) is 0 Å². The minimum absolute atomic E-state index is 0. The largest absolute Gasteiger partial charge is 1.00 e. The van der Waals surface area contributed by atoms with Gasteiger partial charge >= 0.3 is 22.4 Å². The molecular weight excluding hydrogens is 302 g/mol. The van der Waals surface area contributed by atoms with Crippen LogP contribution < -0.4 is 0 Å². The summed E-state index contributed by atoms with van der Waals surface area (Å²) in [7, 11) is 0. The van der Waals surface area contributed by atoms with E-state index in [0.717, 1.165) is 10.1 Å². The topological polar surface area (TPSA) is 43.7 Å². The van der Waals surface area contributed by atoms with Gasteiger partial charge in [0.15, 0.2) is 6.29 Å². The predicted octanol–water partition coefficient (Wildman–Crippen LogP) is 0.570. The van der Waals surface area contributed by atoms with E-state index in [1.807, 2.05) is 11.8 Å². The summed E-state index contributed by atoms with van der Waals surface area (Å²) in [6, 6.07) is 1.20. The molecule has 1 aliphatic heterocycles. The van der Waals surface area contributed by atoms with Crippen molar-refractivity contribution in [1.29, 1.82) is 0 Å². The smallest absolute Gasteiger partial charge is 0.505 e. The summed E-state index contributed by atoms with van der Waals surface area (Å²) in [5.74, 6) is 0.931. The number of hydrogen-bond donors (Lipinski definition) is 2. The Morgan fingerprint density at radius 3 is 2.69 bits per heavy atom. The molecule has 0 aromatic heterocycles. The van der Waals surface area contributed by atoms with Crippen LogP contribution in [-0.2, 0) is 22.4 Å². The van der Waals surface area contributed by atoms with E-state index >= 15 is 0 Å². The van der Waals surface area contributed by atoms with Gasteiger partial charge in [0.05, 0.1) is 0 Å². The Bertz CT molecular complexity index is 180. The van der Waals surface area contributed by atoms with Gasteiger partial charge in [-0.1, -0.05) is 12.2 Å². The summed E-state index contributed by atoms with van der Waals surface area (Å²) in [5.41, 5.74) is 0. The fraction of sp³-hybridized carbons (Fsp3) is 0.714. The number of thioether (sulfide) groups is 1. The molecule has 0 amide bonds. The summed E-state index contributed by atoms with van der Waals surface area (Å²) in [6.07, 6.45) is -0.885. The fourth-order valence-corrected chi connectivity index (χ4v) is 2.32. The maximum absolute atomic E-state index is 8.65. The molecule has 0 aromatic rings. The third-order valence-corrected chi connectivity index (χ3v) is 3.30. The van der Waals surface area contributed by atoms with E-state index in [2.05, 4.69) is 0 Å². The van der Waals surface area contributed by atoms with Crippen molar-refractivity contribution in [3.8, 4) is 0 Å². The van der Waals surface area contributed by atoms with Gasteiger partial charge in [-0.15, -0.1) is 17.5 Å². The number of aliphatic hydroxyl groups is 2. The van der Waals surface area contributed by atoms with Crippen molar-refractivity contribution in [3.63, 3.8) is 0 Å². The molecule has 0 spiro atoms. The molecule has 0 saturated carbocycles. The van der Waals surface area contributed by atoms with Crippen LogP contribution in [0, 0.1) is 6.04 Å². The van der Waals surface area contributed by atoms with Gasteiger partial charge in [-0.25, -0.2) is 6.04 Å². The molecule has 1 rings (SSSR count). The Morgan fingerprint density at radius 2 is 2.31 bits per heavy atom. The molecule has 0 aromatic carbocycles. The van der Waals surface area contributed by atoms with Crippen LogP contribution in [0.1, 0.15) is 13.3 Å². The van der Waals surface area contributed by atoms with Crippen LogP contribution in [0.3, 0.4) is 0 Å². The molecule has 0 unspecified atom stereocenters. The van der Waals surface area contributed by atoms with Gasteiger partial charge in [-0.2, -0.15) is 6.92 Å². The quantitative estimate of drug-likeness (QED) is 0.345. The maximum Gasteiger partial charge on any atom is 1.00 e. The predicted molar refractivity (Wildman–Crippen MR) is 53.5 cm³/mol. The zero-order chi connectivity index (χ0) is 9.14. The van der Waals surface area contributed by atoms with Gasteiger partial charge in [0.1, 0.15) is 4.32 Å². The standard InChI is InChI=1S/C7H12NO2S2.Ag/c1-5-4-12-7(11)8(5)3-2-6(9)10;/h6,9-10H,2-4H2,1H3;/q-1;+1. The van der Waals surface area contributed by atoms with Gasteiger partial charge in [-0.05, 0) is 6.54 Å². The molecule has 1 fully saturated rings. The zero-order valence-corrected chi connectivity index (χ0v) is 10.3. The van der Waals surface area contributed by atoms with Crippen LogP contribution in [-0.4, -0.2) is 38.0 Å². The Labute approximate surface area is 103 Å². The van der Waals surface area contributed by atoms with Gasteiger partial charge in [0.25, 0.3) is 0 Å². The molecule has 0 aliphatic carbocycles. The average molecular weight is 314 g/mol. The Morgan fingerprint density at radius 1 is 1.69 bits per heavy atom. The van der Waals surface area contributed by atoms with Crippen LogP contribution in [0.2, 0.25) is 0 Å². The molecule has 1 saturated heterocycles. The number of thiocarbonyl (C=S) groups is 1. The van der Waals surface area contributed by atoms with E-state index in [-0.39, 0.29) is 22.4 Å². The maximum atomic E-state index is 8.65. The van der Waals surface area contributed by atoms with Crippen LogP contribution in [0.4, 0.5) is 0 Å². The normalized spacial score (nSPS) is 18.2. The second-order valence-corrected chi connectivity index (χ2v) is 4.32. The molecule has 0 bridgehead atoms. The van der Waals surface area contributed by atoms with Crippen LogP contribution >= 0.6 is 24.0 Å². The summed E-state index contributed by atoms with van der Waals surface area (Å²) in [5, 5.41) is 17.3. The monoisotopic (exact) mass is 313 g/mol. The number of hydrogen-bond acceptors (Lipinski definition) is 4.